The van der Waals surface area contributed by atoms with Gasteiger partial charge in [-0.25, -0.2) is 0 Å². The number of rotatable bonds is 4. The molecule has 30 heavy (non-hydrogen) atoms. The summed E-state index contributed by atoms with van der Waals surface area (Å²) in [7, 11) is 0. The fraction of sp³-hybridized carbons (Fsp3) is 0.600. The molecule has 1 aromatic carbocycles. The van der Waals surface area contributed by atoms with Crippen molar-refractivity contribution >= 4 is 5.91 Å². The molecular formula is C25H34N2O3. The van der Waals surface area contributed by atoms with Crippen molar-refractivity contribution in [2.24, 2.45) is 17.3 Å². The third kappa shape index (κ3) is 4.18. The van der Waals surface area contributed by atoms with Crippen molar-refractivity contribution in [3.63, 3.8) is 0 Å². The van der Waals surface area contributed by atoms with Gasteiger partial charge in [0.25, 0.3) is 0 Å². The molecule has 4 rings (SSSR count). The first-order chi connectivity index (χ1) is 14.4. The lowest BCUT2D eigenvalue weighted by Crippen LogP contribution is -2.52. The molecule has 2 aliphatic rings. The number of hydrogen-bond donors (Lipinski definition) is 0. The van der Waals surface area contributed by atoms with Crippen molar-refractivity contribution in [3.05, 3.63) is 52.9 Å². The van der Waals surface area contributed by atoms with Crippen LogP contribution >= 0.6 is 0 Å². The predicted molar refractivity (Wildman–Crippen MR) is 116 cm³/mol. The Morgan fingerprint density at radius 1 is 1.27 bits per heavy atom. The van der Waals surface area contributed by atoms with E-state index in [1.807, 2.05) is 13.8 Å². The molecule has 2 saturated heterocycles. The van der Waals surface area contributed by atoms with Crippen LogP contribution in [0, 0.1) is 31.1 Å². The minimum Gasteiger partial charge on any atom is -0.373 e. The number of nitrogens with zero attached hydrogens (tertiary/aromatic N) is 2. The standard InChI is InChI=1S/C25H34N2O3/c1-17(2)22-14-25(16-29-24(22)20-9-6-5-7-10-20)11-8-12-27(15-25)23(28)13-21-18(3)26-30-19(21)4/h5-7,9-10,17,22,24H,8,11-16H2,1-4H3/t22-,24-,25+/m0/s1. The van der Waals surface area contributed by atoms with Crippen LogP contribution in [0.25, 0.3) is 0 Å². The zero-order valence-corrected chi connectivity index (χ0v) is 18.7. The molecule has 0 N–H and O–H groups in total. The monoisotopic (exact) mass is 410 g/mol. The first-order valence-corrected chi connectivity index (χ1v) is 11.2. The van der Waals surface area contributed by atoms with E-state index in [1.54, 1.807) is 0 Å². The third-order valence-electron chi connectivity index (χ3n) is 7.13. The van der Waals surface area contributed by atoms with Crippen LogP contribution in [0.5, 0.6) is 0 Å². The molecule has 0 bridgehead atoms. The number of amides is 1. The summed E-state index contributed by atoms with van der Waals surface area (Å²) >= 11 is 0. The molecule has 0 unspecified atom stereocenters. The average molecular weight is 411 g/mol. The number of carbonyl (C=O) groups is 1. The molecule has 3 atom stereocenters. The Bertz CT molecular complexity index is 856. The smallest absolute Gasteiger partial charge is 0.227 e. The van der Waals surface area contributed by atoms with E-state index in [-0.39, 0.29) is 17.4 Å². The molecule has 3 heterocycles. The van der Waals surface area contributed by atoms with Crippen LogP contribution in [0.3, 0.4) is 0 Å². The van der Waals surface area contributed by atoms with Gasteiger partial charge in [-0.1, -0.05) is 49.3 Å². The zero-order valence-electron chi connectivity index (χ0n) is 18.7. The maximum atomic E-state index is 13.1. The molecule has 2 aliphatic heterocycles. The van der Waals surface area contributed by atoms with E-state index < -0.39 is 0 Å². The molecule has 5 nitrogen and oxygen atoms in total. The van der Waals surface area contributed by atoms with Crippen LogP contribution < -0.4 is 0 Å². The van der Waals surface area contributed by atoms with Gasteiger partial charge in [0.05, 0.1) is 24.8 Å². The van der Waals surface area contributed by atoms with Crippen LogP contribution in [0.4, 0.5) is 0 Å². The van der Waals surface area contributed by atoms with Gasteiger partial charge in [0.1, 0.15) is 5.76 Å². The molecule has 0 aliphatic carbocycles. The number of likely N-dealkylation sites (tertiary alicyclic amines) is 1. The summed E-state index contributed by atoms with van der Waals surface area (Å²) in [6, 6.07) is 10.6. The van der Waals surface area contributed by atoms with E-state index in [0.717, 1.165) is 56.0 Å². The second-order valence-corrected chi connectivity index (χ2v) is 9.65. The molecule has 1 aromatic heterocycles. The lowest BCUT2D eigenvalue weighted by molar-refractivity contribution is -0.150. The van der Waals surface area contributed by atoms with Crippen LogP contribution in [-0.2, 0) is 16.0 Å². The summed E-state index contributed by atoms with van der Waals surface area (Å²) in [6.07, 6.45) is 3.80. The number of piperidine rings is 1. The first kappa shape index (κ1) is 21.1. The molecule has 1 amide bonds. The van der Waals surface area contributed by atoms with Gasteiger partial charge in [0.15, 0.2) is 0 Å². The van der Waals surface area contributed by atoms with Gasteiger partial charge >= 0.3 is 0 Å². The van der Waals surface area contributed by atoms with Gasteiger partial charge in [-0.3, -0.25) is 4.79 Å². The summed E-state index contributed by atoms with van der Waals surface area (Å²) in [6.45, 7) is 10.7. The second kappa shape index (κ2) is 8.54. The Hall–Kier alpha value is -2.14. The van der Waals surface area contributed by atoms with E-state index >= 15 is 0 Å². The summed E-state index contributed by atoms with van der Waals surface area (Å²) in [5.74, 6) is 1.91. The maximum absolute atomic E-state index is 13.1. The minimum atomic E-state index is 0.0624. The van der Waals surface area contributed by atoms with Crippen LogP contribution in [0.15, 0.2) is 34.9 Å². The van der Waals surface area contributed by atoms with Crippen molar-refractivity contribution in [1.29, 1.82) is 0 Å². The Labute approximate surface area is 179 Å². The fourth-order valence-electron chi connectivity index (χ4n) is 5.35. The molecule has 1 spiro atoms. The maximum Gasteiger partial charge on any atom is 0.227 e. The molecule has 2 aromatic rings. The highest BCUT2D eigenvalue weighted by Gasteiger charge is 2.46. The van der Waals surface area contributed by atoms with Crippen LogP contribution in [0.2, 0.25) is 0 Å². The van der Waals surface area contributed by atoms with Gasteiger partial charge in [-0.05, 0) is 50.5 Å². The lowest BCUT2D eigenvalue weighted by Gasteiger charge is -2.50. The summed E-state index contributed by atoms with van der Waals surface area (Å²) in [4.78, 5) is 15.2. The highest BCUT2D eigenvalue weighted by Crippen LogP contribution is 2.48. The number of ether oxygens (including phenoxy) is 1. The second-order valence-electron chi connectivity index (χ2n) is 9.65. The normalized spacial score (nSPS) is 27.0. The van der Waals surface area contributed by atoms with Gasteiger partial charge in [-0.15, -0.1) is 0 Å². The molecule has 0 saturated carbocycles. The number of aromatic nitrogens is 1. The lowest BCUT2D eigenvalue weighted by atomic mass is 9.67. The van der Waals surface area contributed by atoms with E-state index in [1.165, 1.54) is 5.56 Å². The average Bonchev–Trinajstić information content (AvgIpc) is 3.06. The van der Waals surface area contributed by atoms with Crippen LogP contribution in [0.1, 0.15) is 61.8 Å². The van der Waals surface area contributed by atoms with E-state index in [0.29, 0.717) is 18.3 Å². The van der Waals surface area contributed by atoms with E-state index in [2.05, 4.69) is 54.2 Å². The Morgan fingerprint density at radius 2 is 2.03 bits per heavy atom. The molecule has 0 radical (unpaired) electrons. The van der Waals surface area contributed by atoms with Gasteiger partial charge in [0, 0.05) is 24.1 Å². The highest BCUT2D eigenvalue weighted by molar-refractivity contribution is 5.79. The molecule has 162 valence electrons. The summed E-state index contributed by atoms with van der Waals surface area (Å²) in [5, 5.41) is 4.00. The van der Waals surface area contributed by atoms with Crippen molar-refractivity contribution in [2.45, 2.75) is 59.5 Å². The third-order valence-corrected chi connectivity index (χ3v) is 7.13. The molecule has 2 fully saturated rings. The van der Waals surface area contributed by atoms with Gasteiger partial charge in [0.2, 0.25) is 5.91 Å². The van der Waals surface area contributed by atoms with Crippen LogP contribution in [-0.4, -0.2) is 35.7 Å². The highest BCUT2D eigenvalue weighted by atomic mass is 16.5. The Balaban J connectivity index is 1.48. The number of hydrogen-bond acceptors (Lipinski definition) is 4. The largest absolute Gasteiger partial charge is 0.373 e. The summed E-state index contributed by atoms with van der Waals surface area (Å²) < 4.78 is 11.8. The predicted octanol–water partition coefficient (Wildman–Crippen LogP) is 4.88. The Morgan fingerprint density at radius 3 is 2.70 bits per heavy atom. The summed E-state index contributed by atoms with van der Waals surface area (Å²) in [5.41, 5.74) is 3.09. The van der Waals surface area contributed by atoms with E-state index in [9.17, 15) is 4.79 Å². The van der Waals surface area contributed by atoms with Crippen molar-refractivity contribution in [1.82, 2.24) is 10.1 Å². The SMILES string of the molecule is Cc1noc(C)c1CC(=O)N1CCC[C@]2(CO[C@@H](c3ccccc3)[C@H](C(C)C)C2)C1. The quantitative estimate of drug-likeness (QED) is 0.721. The number of carbonyl (C=O) groups excluding carboxylic acids is 1. The molecular weight excluding hydrogens is 376 g/mol. The van der Waals surface area contributed by atoms with Crippen molar-refractivity contribution in [2.75, 3.05) is 19.7 Å². The fourth-order valence-corrected chi connectivity index (χ4v) is 5.35. The first-order valence-electron chi connectivity index (χ1n) is 11.2. The molecule has 5 heteroatoms. The van der Waals surface area contributed by atoms with E-state index in [4.69, 9.17) is 9.26 Å². The number of aryl methyl sites for hydroxylation is 2. The van der Waals surface area contributed by atoms with Crippen molar-refractivity contribution in [3.8, 4) is 0 Å². The van der Waals surface area contributed by atoms with Gasteiger partial charge < -0.3 is 14.2 Å². The number of benzene rings is 1. The van der Waals surface area contributed by atoms with Crippen molar-refractivity contribution < 1.29 is 14.1 Å². The Kier molecular flexibility index (Phi) is 6.01. The van der Waals surface area contributed by atoms with Gasteiger partial charge in [-0.2, -0.15) is 0 Å². The zero-order chi connectivity index (χ0) is 21.3. The topological polar surface area (TPSA) is 55.6 Å². The minimum absolute atomic E-state index is 0.0624.